The van der Waals surface area contributed by atoms with Crippen LogP contribution in [0.5, 0.6) is 0 Å². The van der Waals surface area contributed by atoms with Gasteiger partial charge in [0.25, 0.3) is 0 Å². The summed E-state index contributed by atoms with van der Waals surface area (Å²) in [5, 5.41) is 12.7. The Balaban J connectivity index is 1.89. The number of carbonyl (C=O) groups is 1. The minimum Gasteiger partial charge on any atom is -0.388 e. The maximum atomic E-state index is 11.9. The normalized spacial score (nSPS) is 16.8. The zero-order valence-electron chi connectivity index (χ0n) is 11.8. The number of hydrogen-bond donors (Lipinski definition) is 2. The second-order valence-electron chi connectivity index (χ2n) is 5.76. The zero-order valence-corrected chi connectivity index (χ0v) is 11.8. The van der Waals surface area contributed by atoms with Crippen LogP contribution in [-0.2, 0) is 24.1 Å². The van der Waals surface area contributed by atoms with Gasteiger partial charge in [-0.2, -0.15) is 0 Å². The third kappa shape index (κ3) is 3.80. The van der Waals surface area contributed by atoms with Gasteiger partial charge in [0.15, 0.2) is 0 Å². The fraction of sp³-hybridized carbons (Fsp3) is 0.562. The Morgan fingerprint density at radius 2 is 2.11 bits per heavy atom. The topological polar surface area (TPSA) is 49.3 Å². The number of rotatable bonds is 5. The molecule has 1 aromatic rings. The van der Waals surface area contributed by atoms with Gasteiger partial charge in [-0.1, -0.05) is 25.1 Å². The van der Waals surface area contributed by atoms with Crippen molar-refractivity contribution in [3.05, 3.63) is 34.9 Å². The summed E-state index contributed by atoms with van der Waals surface area (Å²) in [6, 6.07) is 6.34. The third-order valence-electron chi connectivity index (χ3n) is 3.96. The second kappa shape index (κ2) is 5.74. The van der Waals surface area contributed by atoms with Crippen LogP contribution in [0, 0.1) is 0 Å². The van der Waals surface area contributed by atoms with Gasteiger partial charge in [0.2, 0.25) is 5.91 Å². The van der Waals surface area contributed by atoms with E-state index in [4.69, 9.17) is 0 Å². The van der Waals surface area contributed by atoms with Crippen molar-refractivity contribution in [3.8, 4) is 0 Å². The molecule has 0 saturated heterocycles. The maximum Gasteiger partial charge on any atom is 0.224 e. The van der Waals surface area contributed by atoms with Gasteiger partial charge >= 0.3 is 0 Å². The van der Waals surface area contributed by atoms with E-state index in [-0.39, 0.29) is 5.91 Å². The van der Waals surface area contributed by atoms with Crippen molar-refractivity contribution in [2.24, 2.45) is 0 Å². The van der Waals surface area contributed by atoms with Crippen LogP contribution in [0.1, 0.15) is 43.4 Å². The largest absolute Gasteiger partial charge is 0.388 e. The van der Waals surface area contributed by atoms with E-state index in [1.165, 1.54) is 24.0 Å². The predicted octanol–water partition coefficient (Wildman–Crippen LogP) is 2.00. The molecule has 0 saturated carbocycles. The van der Waals surface area contributed by atoms with Gasteiger partial charge < -0.3 is 10.4 Å². The van der Waals surface area contributed by atoms with Gasteiger partial charge in [-0.15, -0.1) is 0 Å². The van der Waals surface area contributed by atoms with Crippen molar-refractivity contribution in [1.29, 1.82) is 0 Å². The van der Waals surface area contributed by atoms with Gasteiger partial charge in [0, 0.05) is 6.54 Å². The highest BCUT2D eigenvalue weighted by Crippen LogP contribution is 2.22. The number of hydrogen-bond acceptors (Lipinski definition) is 2. The average molecular weight is 261 g/mol. The zero-order chi connectivity index (χ0) is 13.9. The Morgan fingerprint density at radius 1 is 1.37 bits per heavy atom. The SMILES string of the molecule is CCC(C)(O)CNC(=O)Cc1ccc2c(c1)CCC2. The fourth-order valence-corrected chi connectivity index (χ4v) is 2.40. The second-order valence-corrected chi connectivity index (χ2v) is 5.76. The molecule has 3 heteroatoms. The quantitative estimate of drug-likeness (QED) is 0.851. The lowest BCUT2D eigenvalue weighted by molar-refractivity contribution is -0.121. The predicted molar refractivity (Wildman–Crippen MR) is 76.1 cm³/mol. The van der Waals surface area contributed by atoms with Gasteiger partial charge in [0.05, 0.1) is 12.0 Å². The molecular weight excluding hydrogens is 238 g/mol. The van der Waals surface area contributed by atoms with Crippen molar-refractivity contribution in [2.45, 2.75) is 51.6 Å². The molecule has 0 fully saturated rings. The van der Waals surface area contributed by atoms with Crippen LogP contribution in [0.3, 0.4) is 0 Å². The van der Waals surface area contributed by atoms with E-state index in [0.717, 1.165) is 12.0 Å². The van der Waals surface area contributed by atoms with Crippen LogP contribution in [0.25, 0.3) is 0 Å². The number of aliphatic hydroxyl groups is 1. The summed E-state index contributed by atoms with van der Waals surface area (Å²) in [6.45, 7) is 3.96. The first-order valence-electron chi connectivity index (χ1n) is 7.10. The van der Waals surface area contributed by atoms with E-state index in [1.807, 2.05) is 13.0 Å². The number of amides is 1. The third-order valence-corrected chi connectivity index (χ3v) is 3.96. The summed E-state index contributed by atoms with van der Waals surface area (Å²) in [5.41, 5.74) is 3.08. The molecule has 0 aromatic heterocycles. The van der Waals surface area contributed by atoms with Gasteiger partial charge in [0.1, 0.15) is 0 Å². The van der Waals surface area contributed by atoms with E-state index in [9.17, 15) is 9.90 Å². The van der Waals surface area contributed by atoms with Crippen molar-refractivity contribution in [3.63, 3.8) is 0 Å². The molecule has 19 heavy (non-hydrogen) atoms. The summed E-state index contributed by atoms with van der Waals surface area (Å²) in [5.74, 6) is -0.0216. The Labute approximate surface area is 115 Å². The fourth-order valence-electron chi connectivity index (χ4n) is 2.40. The monoisotopic (exact) mass is 261 g/mol. The molecule has 1 amide bonds. The molecule has 2 N–H and O–H groups in total. The van der Waals surface area contributed by atoms with Crippen LogP contribution in [0.2, 0.25) is 0 Å². The van der Waals surface area contributed by atoms with Crippen molar-refractivity contribution < 1.29 is 9.90 Å². The van der Waals surface area contributed by atoms with E-state index < -0.39 is 5.60 Å². The number of fused-ring (bicyclic) bond motifs is 1. The molecule has 1 atom stereocenters. The van der Waals surface area contributed by atoms with E-state index in [1.54, 1.807) is 6.92 Å². The molecule has 1 aromatic carbocycles. The van der Waals surface area contributed by atoms with E-state index in [0.29, 0.717) is 19.4 Å². The van der Waals surface area contributed by atoms with Gasteiger partial charge in [-0.05, 0) is 49.3 Å². The molecule has 1 aliphatic rings. The molecule has 0 radical (unpaired) electrons. The molecule has 0 spiro atoms. The number of carbonyl (C=O) groups excluding carboxylic acids is 1. The van der Waals surface area contributed by atoms with Crippen LogP contribution in [-0.4, -0.2) is 23.2 Å². The molecule has 0 heterocycles. The molecule has 3 nitrogen and oxygen atoms in total. The minimum absolute atomic E-state index is 0.0216. The van der Waals surface area contributed by atoms with Crippen molar-refractivity contribution in [1.82, 2.24) is 5.32 Å². The highest BCUT2D eigenvalue weighted by atomic mass is 16.3. The summed E-state index contributed by atoms with van der Waals surface area (Å²) < 4.78 is 0. The summed E-state index contributed by atoms with van der Waals surface area (Å²) in [6.07, 6.45) is 4.56. The first kappa shape index (κ1) is 14.1. The Kier molecular flexibility index (Phi) is 4.25. The Morgan fingerprint density at radius 3 is 2.84 bits per heavy atom. The van der Waals surface area contributed by atoms with Crippen molar-refractivity contribution >= 4 is 5.91 Å². The number of aryl methyl sites for hydroxylation is 2. The lowest BCUT2D eigenvalue weighted by Gasteiger charge is -2.21. The smallest absolute Gasteiger partial charge is 0.224 e. The number of nitrogens with one attached hydrogen (secondary N) is 1. The minimum atomic E-state index is -0.812. The molecule has 0 bridgehead atoms. The van der Waals surface area contributed by atoms with Crippen LogP contribution in [0.4, 0.5) is 0 Å². The molecule has 104 valence electrons. The number of benzene rings is 1. The van der Waals surface area contributed by atoms with Crippen LogP contribution < -0.4 is 5.32 Å². The summed E-state index contributed by atoms with van der Waals surface area (Å²) in [7, 11) is 0. The molecule has 1 aliphatic carbocycles. The van der Waals surface area contributed by atoms with E-state index in [2.05, 4.69) is 17.4 Å². The van der Waals surface area contributed by atoms with E-state index >= 15 is 0 Å². The first-order valence-corrected chi connectivity index (χ1v) is 7.10. The summed E-state index contributed by atoms with van der Waals surface area (Å²) in [4.78, 5) is 11.9. The standard InChI is InChI=1S/C16H23NO2/c1-3-16(2,19)11-17-15(18)10-12-7-8-13-5-4-6-14(13)9-12/h7-9,19H,3-6,10-11H2,1-2H3,(H,17,18). The lowest BCUT2D eigenvalue weighted by atomic mass is 10.0. The maximum absolute atomic E-state index is 11.9. The highest BCUT2D eigenvalue weighted by Gasteiger charge is 2.18. The van der Waals surface area contributed by atoms with Gasteiger partial charge in [-0.25, -0.2) is 0 Å². The lowest BCUT2D eigenvalue weighted by Crippen LogP contribution is -2.40. The van der Waals surface area contributed by atoms with Crippen molar-refractivity contribution in [2.75, 3.05) is 6.54 Å². The Hall–Kier alpha value is -1.35. The highest BCUT2D eigenvalue weighted by molar-refractivity contribution is 5.78. The Bertz CT molecular complexity index is 466. The molecule has 0 aliphatic heterocycles. The molecular formula is C16H23NO2. The van der Waals surface area contributed by atoms with Gasteiger partial charge in [-0.3, -0.25) is 4.79 Å². The van der Waals surface area contributed by atoms with Crippen LogP contribution in [0.15, 0.2) is 18.2 Å². The molecule has 1 unspecified atom stereocenters. The average Bonchev–Trinajstić information content (AvgIpc) is 2.84. The summed E-state index contributed by atoms with van der Waals surface area (Å²) >= 11 is 0. The van der Waals surface area contributed by atoms with Crippen LogP contribution >= 0.6 is 0 Å². The molecule has 2 rings (SSSR count). The first-order chi connectivity index (χ1) is 9.00.